The Bertz CT molecular complexity index is 1050. The van der Waals surface area contributed by atoms with Gasteiger partial charge in [-0.15, -0.1) is 12.4 Å². The number of rotatable bonds is 4. The molecular weight excluding hydrogens is 486 g/mol. The molecule has 1 amide bonds. The third-order valence-electron chi connectivity index (χ3n) is 6.97. The van der Waals surface area contributed by atoms with E-state index in [0.717, 1.165) is 18.7 Å². The van der Waals surface area contributed by atoms with Crippen LogP contribution in [0.25, 0.3) is 0 Å². The lowest BCUT2D eigenvalue weighted by Gasteiger charge is -2.27. The fourth-order valence-corrected chi connectivity index (χ4v) is 5.87. The van der Waals surface area contributed by atoms with Crippen molar-refractivity contribution >= 4 is 52.9 Å². The maximum absolute atomic E-state index is 13.6. The van der Waals surface area contributed by atoms with Gasteiger partial charge < -0.3 is 0 Å². The highest BCUT2D eigenvalue weighted by Gasteiger charge is 2.42. The van der Waals surface area contributed by atoms with Crippen molar-refractivity contribution < 1.29 is 9.18 Å². The molecule has 1 saturated heterocycles. The number of halogens is 4. The summed E-state index contributed by atoms with van der Waals surface area (Å²) in [4.78, 5) is 13.3. The van der Waals surface area contributed by atoms with Crippen LogP contribution in [0.15, 0.2) is 47.6 Å². The van der Waals surface area contributed by atoms with E-state index in [4.69, 9.17) is 28.3 Å². The number of anilines is 1. The Kier molecular flexibility index (Phi) is 7.20. The monoisotopic (exact) mass is 510 g/mol. The number of nitrogens with one attached hydrogen (secondary N) is 1. The van der Waals surface area contributed by atoms with Crippen LogP contribution in [0.3, 0.4) is 0 Å². The zero-order valence-electron chi connectivity index (χ0n) is 18.2. The largest absolute Gasteiger partial charge is 0.284 e. The Hall–Kier alpha value is -1.86. The third-order valence-corrected chi connectivity index (χ3v) is 7.51. The van der Waals surface area contributed by atoms with E-state index in [2.05, 4.69) is 5.43 Å². The summed E-state index contributed by atoms with van der Waals surface area (Å²) in [5, 5.41) is 9.47. The fraction of sp³-hybridized carbons (Fsp3) is 0.417. The van der Waals surface area contributed by atoms with Crippen LogP contribution in [0.5, 0.6) is 0 Å². The molecular formula is C24H26Cl3FN4O. The van der Waals surface area contributed by atoms with Crippen LogP contribution in [-0.4, -0.2) is 29.7 Å². The molecule has 3 aliphatic rings. The summed E-state index contributed by atoms with van der Waals surface area (Å²) in [6, 6.07) is 11.2. The van der Waals surface area contributed by atoms with Gasteiger partial charge in [0.1, 0.15) is 11.5 Å². The number of hydrogen-bond donors (Lipinski definition) is 1. The smallest absolute Gasteiger partial charge is 0.282 e. The molecule has 2 aromatic rings. The summed E-state index contributed by atoms with van der Waals surface area (Å²) in [7, 11) is 0. The summed E-state index contributed by atoms with van der Waals surface area (Å²) in [6.45, 7) is 3.76. The number of hydrazone groups is 1. The van der Waals surface area contributed by atoms with Gasteiger partial charge in [0.15, 0.2) is 0 Å². The Morgan fingerprint density at radius 2 is 1.76 bits per heavy atom. The van der Waals surface area contributed by atoms with Crippen LogP contribution >= 0.6 is 35.6 Å². The minimum atomic E-state index is -0.311. The van der Waals surface area contributed by atoms with Crippen LogP contribution in [0.1, 0.15) is 37.8 Å². The molecule has 176 valence electrons. The molecule has 2 unspecified atom stereocenters. The summed E-state index contributed by atoms with van der Waals surface area (Å²) >= 11 is 12.6. The molecule has 0 radical (unpaired) electrons. The number of fused-ring (bicyclic) bond motifs is 1. The van der Waals surface area contributed by atoms with E-state index in [1.807, 2.05) is 11.9 Å². The van der Waals surface area contributed by atoms with Gasteiger partial charge in [0.2, 0.25) is 0 Å². The molecule has 1 N–H and O–H groups in total. The number of carbonyl (C=O) groups is 1. The van der Waals surface area contributed by atoms with Gasteiger partial charge in [-0.2, -0.15) is 5.10 Å². The first-order valence-electron chi connectivity index (χ1n) is 11.0. The number of benzene rings is 2. The molecule has 0 aromatic heterocycles. The minimum absolute atomic E-state index is 0. The van der Waals surface area contributed by atoms with Crippen LogP contribution in [0, 0.1) is 23.6 Å². The molecule has 4 atom stereocenters. The molecule has 33 heavy (non-hydrogen) atoms. The molecule has 0 spiro atoms. The van der Waals surface area contributed by atoms with Crippen LogP contribution in [0.4, 0.5) is 10.1 Å². The second-order valence-electron chi connectivity index (χ2n) is 9.01. The zero-order valence-corrected chi connectivity index (χ0v) is 20.5. The highest BCUT2D eigenvalue weighted by Crippen LogP contribution is 2.42. The van der Waals surface area contributed by atoms with Crippen molar-refractivity contribution in [2.24, 2.45) is 22.9 Å². The van der Waals surface area contributed by atoms with Gasteiger partial charge in [0.25, 0.3) is 5.91 Å². The van der Waals surface area contributed by atoms with E-state index in [1.54, 1.807) is 35.3 Å². The Morgan fingerprint density at radius 1 is 1.09 bits per heavy atom. The highest BCUT2D eigenvalue weighted by molar-refractivity contribution is 6.41. The standard InChI is InChI=1S/C24H25Cl2FN4O.ClH/c1-14-22(24(32)29-30-12-16-3-2-4-17(16)13-30)28-31(21-10-7-18(25)11-20(21)26)23(14)15-5-8-19(27)9-6-15;/h5-11,14,16-17,23H,2-4,12-13H2,1H3,(H,29,32);1H/t14-,16?,17?,23-;/m1./s1. The number of carbonyl (C=O) groups excluding carboxylic acids is 1. The van der Waals surface area contributed by atoms with Crippen LogP contribution in [-0.2, 0) is 4.79 Å². The maximum atomic E-state index is 13.6. The lowest BCUT2D eigenvalue weighted by atomic mass is 9.91. The predicted octanol–water partition coefficient (Wildman–Crippen LogP) is 5.87. The van der Waals surface area contributed by atoms with E-state index in [0.29, 0.717) is 33.3 Å². The molecule has 1 saturated carbocycles. The highest BCUT2D eigenvalue weighted by atomic mass is 35.5. The van der Waals surface area contributed by atoms with Gasteiger partial charge in [0.05, 0.1) is 16.8 Å². The van der Waals surface area contributed by atoms with Crippen molar-refractivity contribution in [3.8, 4) is 0 Å². The first-order chi connectivity index (χ1) is 15.4. The Morgan fingerprint density at radius 3 is 2.39 bits per heavy atom. The van der Waals surface area contributed by atoms with E-state index in [-0.39, 0.29) is 36.1 Å². The van der Waals surface area contributed by atoms with E-state index in [9.17, 15) is 9.18 Å². The first-order valence-corrected chi connectivity index (χ1v) is 11.8. The molecule has 9 heteroatoms. The minimum Gasteiger partial charge on any atom is -0.284 e. The van der Waals surface area contributed by atoms with Gasteiger partial charge in [-0.25, -0.2) is 9.40 Å². The summed E-state index contributed by atoms with van der Waals surface area (Å²) < 4.78 is 13.6. The lowest BCUT2D eigenvalue weighted by Crippen LogP contribution is -2.45. The van der Waals surface area contributed by atoms with Crippen LogP contribution in [0.2, 0.25) is 10.0 Å². The van der Waals surface area contributed by atoms with Crippen LogP contribution < -0.4 is 10.4 Å². The number of hydrazine groups is 1. The average Bonchev–Trinajstić information content (AvgIpc) is 3.42. The van der Waals surface area contributed by atoms with E-state index >= 15 is 0 Å². The SMILES string of the molecule is C[C@@H]1C(C(=O)NN2CC3CCCC3C2)=NN(c2ccc(Cl)cc2Cl)[C@H]1c1ccc(F)cc1.Cl. The van der Waals surface area contributed by atoms with Crippen molar-refractivity contribution in [2.45, 2.75) is 32.2 Å². The Balaban J connectivity index is 0.00000259. The maximum Gasteiger partial charge on any atom is 0.282 e. The van der Waals surface area contributed by atoms with Crippen molar-refractivity contribution in [3.63, 3.8) is 0 Å². The Labute approximate surface area is 209 Å². The topological polar surface area (TPSA) is 47.9 Å². The van der Waals surface area contributed by atoms with Gasteiger partial charge in [-0.3, -0.25) is 15.2 Å². The quantitative estimate of drug-likeness (QED) is 0.558. The van der Waals surface area contributed by atoms with Crippen molar-refractivity contribution in [1.82, 2.24) is 10.4 Å². The second kappa shape index (κ2) is 9.79. The molecule has 2 aliphatic heterocycles. The van der Waals surface area contributed by atoms with Gasteiger partial charge in [-0.1, -0.05) is 48.7 Å². The summed E-state index contributed by atoms with van der Waals surface area (Å²) in [5.41, 5.74) is 5.02. The first kappa shape index (κ1) is 24.3. The zero-order chi connectivity index (χ0) is 22.4. The molecule has 2 heterocycles. The molecule has 2 fully saturated rings. The van der Waals surface area contributed by atoms with Gasteiger partial charge >= 0.3 is 0 Å². The normalized spacial score (nSPS) is 26.7. The third kappa shape index (κ3) is 4.72. The fourth-order valence-electron chi connectivity index (χ4n) is 5.37. The molecule has 5 nitrogen and oxygen atoms in total. The second-order valence-corrected chi connectivity index (χ2v) is 9.85. The number of nitrogens with zero attached hydrogens (tertiary/aromatic N) is 3. The van der Waals surface area contributed by atoms with Crippen molar-refractivity contribution in [3.05, 3.63) is 63.9 Å². The van der Waals surface area contributed by atoms with E-state index < -0.39 is 0 Å². The summed E-state index contributed by atoms with van der Waals surface area (Å²) in [6.07, 6.45) is 3.77. The number of hydrogen-bond acceptors (Lipinski definition) is 4. The molecule has 2 aromatic carbocycles. The van der Waals surface area contributed by atoms with Crippen molar-refractivity contribution in [1.29, 1.82) is 0 Å². The lowest BCUT2D eigenvalue weighted by molar-refractivity contribution is -0.119. The molecule has 5 rings (SSSR count). The molecule has 0 bridgehead atoms. The van der Waals surface area contributed by atoms with Gasteiger partial charge in [-0.05, 0) is 60.6 Å². The molecule has 1 aliphatic carbocycles. The average molecular weight is 512 g/mol. The number of amides is 1. The van der Waals surface area contributed by atoms with E-state index in [1.165, 1.54) is 31.4 Å². The summed E-state index contributed by atoms with van der Waals surface area (Å²) in [5.74, 6) is 0.615. The predicted molar refractivity (Wildman–Crippen MR) is 132 cm³/mol. The van der Waals surface area contributed by atoms with Crippen molar-refractivity contribution in [2.75, 3.05) is 18.1 Å². The van der Waals surface area contributed by atoms with Gasteiger partial charge in [0, 0.05) is 24.0 Å².